The molecule has 7 heteroatoms. The maximum atomic E-state index is 10.2. The van der Waals surface area contributed by atoms with E-state index in [0.29, 0.717) is 0 Å². The van der Waals surface area contributed by atoms with Crippen LogP contribution in [0.25, 0.3) is 0 Å². The molecule has 0 spiro atoms. The van der Waals surface area contributed by atoms with E-state index in [1.54, 1.807) is 12.1 Å². The van der Waals surface area contributed by atoms with E-state index in [2.05, 4.69) is 9.97 Å². The van der Waals surface area contributed by atoms with Gasteiger partial charge in [-0.3, -0.25) is 9.97 Å². The van der Waals surface area contributed by atoms with Gasteiger partial charge in [-0.05, 0) is 24.3 Å². The molecule has 97 valence electrons. The Kier molecular flexibility index (Phi) is 7.84. The zero-order chi connectivity index (χ0) is 13.4. The van der Waals surface area contributed by atoms with Gasteiger partial charge in [0.05, 0.1) is 11.1 Å². The van der Waals surface area contributed by atoms with E-state index in [-0.39, 0.29) is 29.7 Å². The fraction of sp³-hybridized carbons (Fsp3) is 0. The van der Waals surface area contributed by atoms with Crippen LogP contribution in [0.2, 0.25) is 0 Å². The van der Waals surface area contributed by atoms with Gasteiger partial charge in [0.1, 0.15) is 0 Å². The third-order valence-electron chi connectivity index (χ3n) is 1.82. The van der Waals surface area contributed by atoms with Gasteiger partial charge in [-0.15, -0.1) is 0 Å². The number of nitrogens with zero attached hydrogens (tertiary/aromatic N) is 2. The van der Waals surface area contributed by atoms with Gasteiger partial charge in [-0.2, -0.15) is 0 Å². The molecule has 0 amide bonds. The summed E-state index contributed by atoms with van der Waals surface area (Å²) < 4.78 is 0. The molecule has 2 aromatic heterocycles. The number of carboxylic acid groups (broad SMARTS) is 2. The standard InChI is InChI=1S/2C6H5NO2.V/c2*8-6(9)5-2-1-3-7-4-5;/h2*1-4H,(H,8,9);. The molecule has 0 aliphatic rings. The summed E-state index contributed by atoms with van der Waals surface area (Å²) in [6.45, 7) is 0. The Morgan fingerprint density at radius 2 is 1.21 bits per heavy atom. The first kappa shape index (κ1) is 16.8. The summed E-state index contributed by atoms with van der Waals surface area (Å²) in [5.41, 5.74) is 0.440. The minimum absolute atomic E-state index is 0. The first-order chi connectivity index (χ1) is 8.61. The van der Waals surface area contributed by atoms with E-state index in [4.69, 9.17) is 10.2 Å². The Bertz CT molecular complexity index is 470. The van der Waals surface area contributed by atoms with Gasteiger partial charge in [0.2, 0.25) is 0 Å². The molecule has 0 aliphatic heterocycles. The summed E-state index contributed by atoms with van der Waals surface area (Å²) in [7, 11) is 0. The van der Waals surface area contributed by atoms with Crippen molar-refractivity contribution in [3.63, 3.8) is 0 Å². The zero-order valence-electron chi connectivity index (χ0n) is 9.67. The molecule has 0 aromatic carbocycles. The smallest absolute Gasteiger partial charge is 0.337 e. The molecule has 2 N–H and O–H groups in total. The summed E-state index contributed by atoms with van der Waals surface area (Å²) in [5.74, 6) is -1.88. The molecule has 0 unspecified atom stereocenters. The van der Waals surface area contributed by atoms with Crippen molar-refractivity contribution in [2.45, 2.75) is 0 Å². The third-order valence-corrected chi connectivity index (χ3v) is 1.82. The molecule has 0 bridgehead atoms. The topological polar surface area (TPSA) is 100 Å². The molecule has 0 fully saturated rings. The summed E-state index contributed by atoms with van der Waals surface area (Å²) >= 11 is 0. The number of hydrogen-bond acceptors (Lipinski definition) is 4. The largest absolute Gasteiger partial charge is 0.478 e. The van der Waals surface area contributed by atoms with Gasteiger partial charge >= 0.3 is 11.9 Å². The second-order valence-corrected chi connectivity index (χ2v) is 3.09. The van der Waals surface area contributed by atoms with Crippen LogP contribution in [-0.4, -0.2) is 32.1 Å². The Balaban J connectivity index is 0.000000324. The molecule has 0 saturated carbocycles. The van der Waals surface area contributed by atoms with Gasteiger partial charge in [-0.1, -0.05) is 0 Å². The van der Waals surface area contributed by atoms with E-state index >= 15 is 0 Å². The quantitative estimate of drug-likeness (QED) is 0.872. The van der Waals surface area contributed by atoms with Crippen LogP contribution in [0.15, 0.2) is 49.1 Å². The van der Waals surface area contributed by atoms with Gasteiger partial charge in [0.25, 0.3) is 0 Å². The number of carbonyl (C=O) groups is 2. The van der Waals surface area contributed by atoms with Crippen molar-refractivity contribution in [3.05, 3.63) is 60.2 Å². The minimum atomic E-state index is -0.942. The predicted octanol–water partition coefficient (Wildman–Crippen LogP) is 1.56. The van der Waals surface area contributed by atoms with Crippen molar-refractivity contribution in [1.82, 2.24) is 9.97 Å². The number of aromatic carboxylic acids is 2. The number of carboxylic acids is 2. The van der Waals surface area contributed by atoms with E-state index in [1.807, 2.05) is 0 Å². The number of pyridine rings is 2. The molecule has 19 heavy (non-hydrogen) atoms. The first-order valence-corrected chi connectivity index (χ1v) is 4.88. The Morgan fingerprint density at radius 3 is 1.37 bits per heavy atom. The second kappa shape index (κ2) is 8.85. The minimum Gasteiger partial charge on any atom is -0.478 e. The van der Waals surface area contributed by atoms with Gasteiger partial charge in [0.15, 0.2) is 0 Å². The van der Waals surface area contributed by atoms with Crippen molar-refractivity contribution in [3.8, 4) is 0 Å². The average molecular weight is 297 g/mol. The predicted molar refractivity (Wildman–Crippen MR) is 62.4 cm³/mol. The normalized spacial score (nSPS) is 8.42. The zero-order valence-corrected chi connectivity index (χ0v) is 11.1. The maximum absolute atomic E-state index is 10.2. The molecule has 6 nitrogen and oxygen atoms in total. The maximum Gasteiger partial charge on any atom is 0.337 e. The van der Waals surface area contributed by atoms with Crippen LogP contribution in [0.1, 0.15) is 20.7 Å². The summed E-state index contributed by atoms with van der Waals surface area (Å²) in [6.07, 6.45) is 5.68. The van der Waals surface area contributed by atoms with E-state index in [1.165, 1.54) is 36.9 Å². The SMILES string of the molecule is O=C(O)c1cccnc1.O=C(O)c1cccnc1.[V]. The van der Waals surface area contributed by atoms with Crippen LogP contribution in [0, 0.1) is 0 Å². The fourth-order valence-corrected chi connectivity index (χ4v) is 0.979. The molecular formula is C12H10N2O4V. The van der Waals surface area contributed by atoms with Gasteiger partial charge < -0.3 is 10.2 Å². The molecule has 2 aromatic rings. The van der Waals surface area contributed by atoms with Crippen LogP contribution < -0.4 is 0 Å². The Labute approximate surface area is 121 Å². The summed E-state index contributed by atoms with van der Waals surface area (Å²) in [6, 6.07) is 6.16. The first-order valence-electron chi connectivity index (χ1n) is 4.88. The molecule has 0 atom stereocenters. The van der Waals surface area contributed by atoms with E-state index < -0.39 is 11.9 Å². The Hall–Kier alpha value is -2.18. The number of aromatic nitrogens is 2. The average Bonchev–Trinajstić information content (AvgIpc) is 2.41. The molecular weight excluding hydrogens is 287 g/mol. The van der Waals surface area contributed by atoms with E-state index in [9.17, 15) is 9.59 Å². The number of hydrogen-bond donors (Lipinski definition) is 2. The van der Waals surface area contributed by atoms with Gasteiger partial charge in [-0.25, -0.2) is 9.59 Å². The third kappa shape index (κ3) is 6.35. The molecule has 2 rings (SSSR count). The number of rotatable bonds is 2. The second-order valence-electron chi connectivity index (χ2n) is 3.09. The van der Waals surface area contributed by atoms with Crippen LogP contribution in [0.5, 0.6) is 0 Å². The summed E-state index contributed by atoms with van der Waals surface area (Å²) in [4.78, 5) is 27.6. The van der Waals surface area contributed by atoms with Crippen molar-refractivity contribution in [2.24, 2.45) is 0 Å². The molecule has 1 radical (unpaired) electrons. The van der Waals surface area contributed by atoms with Gasteiger partial charge in [0, 0.05) is 43.3 Å². The van der Waals surface area contributed by atoms with Crippen LogP contribution in [0.4, 0.5) is 0 Å². The van der Waals surface area contributed by atoms with Crippen molar-refractivity contribution < 1.29 is 38.4 Å². The van der Waals surface area contributed by atoms with Crippen LogP contribution in [-0.2, 0) is 18.6 Å². The fourth-order valence-electron chi connectivity index (χ4n) is 0.979. The summed E-state index contributed by atoms with van der Waals surface area (Å²) in [5, 5.41) is 16.7. The molecule has 2 heterocycles. The van der Waals surface area contributed by atoms with Crippen molar-refractivity contribution in [1.29, 1.82) is 0 Å². The van der Waals surface area contributed by atoms with E-state index in [0.717, 1.165) is 0 Å². The molecule has 0 aliphatic carbocycles. The van der Waals surface area contributed by atoms with Crippen molar-refractivity contribution in [2.75, 3.05) is 0 Å². The van der Waals surface area contributed by atoms with Crippen LogP contribution >= 0.6 is 0 Å². The van der Waals surface area contributed by atoms with Crippen LogP contribution in [0.3, 0.4) is 0 Å². The van der Waals surface area contributed by atoms with Crippen molar-refractivity contribution >= 4 is 11.9 Å². The Morgan fingerprint density at radius 1 is 0.842 bits per heavy atom. The monoisotopic (exact) mass is 297 g/mol. The molecule has 0 saturated heterocycles.